The van der Waals surface area contributed by atoms with Gasteiger partial charge in [-0.05, 0) is 18.9 Å². The molecule has 1 aliphatic heterocycles. The van der Waals surface area contributed by atoms with Gasteiger partial charge < -0.3 is 14.8 Å². The number of nitrogens with zero attached hydrogens (tertiary/aromatic N) is 2. The molecule has 1 aromatic carbocycles. The van der Waals surface area contributed by atoms with Crippen LogP contribution < -0.4 is 10.1 Å². The quantitative estimate of drug-likeness (QED) is 0.642. The van der Waals surface area contributed by atoms with Gasteiger partial charge in [0.05, 0.1) is 18.2 Å². The van der Waals surface area contributed by atoms with Crippen LogP contribution in [-0.4, -0.2) is 34.8 Å². The number of aromatic nitrogens is 2. The number of carbonyl (C=O) groups is 2. The molecule has 1 atom stereocenters. The Bertz CT molecular complexity index is 774. The standard InChI is InChI=1S/C18H17N3O3/c22-12-13-6-2-1-5-11-24-16-9-10-19-17(21-16)14-7-3-4-8-15(14)18(23)20-13/h1-4,7-10,12-13H,5-6,11H2,(H,20,23)/b2-1+/t13-/m0/s1. The van der Waals surface area contributed by atoms with E-state index in [0.29, 0.717) is 42.3 Å². The fourth-order valence-corrected chi connectivity index (χ4v) is 2.42. The van der Waals surface area contributed by atoms with Crippen LogP contribution in [0.15, 0.2) is 48.7 Å². The van der Waals surface area contributed by atoms with Crippen molar-refractivity contribution in [1.29, 1.82) is 0 Å². The molecule has 0 aliphatic carbocycles. The van der Waals surface area contributed by atoms with Gasteiger partial charge in [-0.25, -0.2) is 4.98 Å². The Hall–Kier alpha value is -3.02. The number of fused-ring (bicyclic) bond motifs is 4. The van der Waals surface area contributed by atoms with Crippen LogP contribution in [0, 0.1) is 0 Å². The number of nitrogens with one attached hydrogen (secondary N) is 1. The molecular weight excluding hydrogens is 306 g/mol. The molecule has 0 saturated carbocycles. The molecule has 6 heteroatoms. The lowest BCUT2D eigenvalue weighted by atomic mass is 10.1. The van der Waals surface area contributed by atoms with Gasteiger partial charge in [0.25, 0.3) is 5.91 Å². The molecule has 1 aliphatic rings. The molecule has 1 amide bonds. The maximum atomic E-state index is 12.6. The van der Waals surface area contributed by atoms with E-state index in [1.807, 2.05) is 18.2 Å². The summed E-state index contributed by atoms with van der Waals surface area (Å²) in [5.41, 5.74) is 1.01. The number of ether oxygens (including phenoxy) is 1. The molecule has 24 heavy (non-hydrogen) atoms. The highest BCUT2D eigenvalue weighted by atomic mass is 16.5. The van der Waals surface area contributed by atoms with Crippen LogP contribution in [0.1, 0.15) is 23.2 Å². The summed E-state index contributed by atoms with van der Waals surface area (Å²) in [5.74, 6) is 0.544. The van der Waals surface area contributed by atoms with Crippen molar-refractivity contribution >= 4 is 12.2 Å². The molecule has 2 aromatic rings. The first-order valence-electron chi connectivity index (χ1n) is 7.74. The van der Waals surface area contributed by atoms with Crippen molar-refractivity contribution in [3.8, 4) is 17.3 Å². The summed E-state index contributed by atoms with van der Waals surface area (Å²) in [4.78, 5) is 32.4. The van der Waals surface area contributed by atoms with E-state index in [1.165, 1.54) is 0 Å². The minimum atomic E-state index is -0.571. The minimum Gasteiger partial charge on any atom is -0.477 e. The molecule has 1 N–H and O–H groups in total. The molecule has 6 nitrogen and oxygen atoms in total. The Kier molecular flexibility index (Phi) is 4.96. The van der Waals surface area contributed by atoms with Crippen LogP contribution in [0.25, 0.3) is 11.4 Å². The maximum Gasteiger partial charge on any atom is 0.252 e. The first-order valence-corrected chi connectivity index (χ1v) is 7.74. The monoisotopic (exact) mass is 323 g/mol. The summed E-state index contributed by atoms with van der Waals surface area (Å²) in [6.45, 7) is 0.479. The zero-order valence-corrected chi connectivity index (χ0v) is 13.0. The molecule has 2 bridgehead atoms. The zero-order valence-electron chi connectivity index (χ0n) is 13.0. The molecule has 122 valence electrons. The number of carbonyl (C=O) groups excluding carboxylic acids is 2. The van der Waals surface area contributed by atoms with Crippen LogP contribution in [0.4, 0.5) is 0 Å². The van der Waals surface area contributed by atoms with Gasteiger partial charge in [0.15, 0.2) is 5.82 Å². The fourth-order valence-electron chi connectivity index (χ4n) is 2.42. The highest BCUT2D eigenvalue weighted by molar-refractivity contribution is 6.01. The van der Waals surface area contributed by atoms with Crippen LogP contribution in [0.5, 0.6) is 5.88 Å². The van der Waals surface area contributed by atoms with Crippen LogP contribution >= 0.6 is 0 Å². The molecule has 2 heterocycles. The highest BCUT2D eigenvalue weighted by Crippen LogP contribution is 2.22. The van der Waals surface area contributed by atoms with Crippen LogP contribution in [0.2, 0.25) is 0 Å². The van der Waals surface area contributed by atoms with E-state index in [-0.39, 0.29) is 5.91 Å². The maximum absolute atomic E-state index is 12.6. The Morgan fingerprint density at radius 2 is 2.00 bits per heavy atom. The van der Waals surface area contributed by atoms with E-state index in [0.717, 1.165) is 6.29 Å². The number of rotatable bonds is 1. The lowest BCUT2D eigenvalue weighted by molar-refractivity contribution is -0.109. The summed E-state index contributed by atoms with van der Waals surface area (Å²) < 4.78 is 5.61. The third-order valence-corrected chi connectivity index (χ3v) is 3.61. The van der Waals surface area contributed by atoms with Gasteiger partial charge in [-0.1, -0.05) is 30.4 Å². The van der Waals surface area contributed by atoms with Crippen molar-refractivity contribution < 1.29 is 14.3 Å². The summed E-state index contributed by atoms with van der Waals surface area (Å²) in [6.07, 6.45) is 7.26. The van der Waals surface area contributed by atoms with Gasteiger partial charge in [0.1, 0.15) is 6.29 Å². The van der Waals surface area contributed by atoms with Gasteiger partial charge >= 0.3 is 0 Å². The van der Waals surface area contributed by atoms with Gasteiger partial charge in [-0.2, -0.15) is 4.98 Å². The van der Waals surface area contributed by atoms with Crippen molar-refractivity contribution in [1.82, 2.24) is 15.3 Å². The Morgan fingerprint density at radius 1 is 1.17 bits per heavy atom. The second kappa shape index (κ2) is 7.50. The van der Waals surface area contributed by atoms with E-state index in [9.17, 15) is 9.59 Å². The highest BCUT2D eigenvalue weighted by Gasteiger charge is 2.17. The minimum absolute atomic E-state index is 0.330. The zero-order chi connectivity index (χ0) is 16.8. The Labute approximate surface area is 139 Å². The molecule has 3 rings (SSSR count). The van der Waals surface area contributed by atoms with Gasteiger partial charge in [-0.3, -0.25) is 4.79 Å². The summed E-state index contributed by atoms with van der Waals surface area (Å²) in [7, 11) is 0. The normalized spacial score (nSPS) is 19.2. The molecule has 0 fully saturated rings. The fraction of sp³-hybridized carbons (Fsp3) is 0.222. The largest absolute Gasteiger partial charge is 0.477 e. The predicted molar refractivity (Wildman–Crippen MR) is 88.7 cm³/mol. The van der Waals surface area contributed by atoms with E-state index in [4.69, 9.17) is 4.74 Å². The lowest BCUT2D eigenvalue weighted by Crippen LogP contribution is -2.36. The number of amides is 1. The third kappa shape index (κ3) is 3.65. The number of hydrogen-bond acceptors (Lipinski definition) is 5. The smallest absolute Gasteiger partial charge is 0.252 e. The number of hydrogen-bond donors (Lipinski definition) is 1. The summed E-state index contributed by atoms with van der Waals surface area (Å²) in [5, 5.41) is 2.74. The molecule has 0 spiro atoms. The summed E-state index contributed by atoms with van der Waals surface area (Å²) >= 11 is 0. The Balaban J connectivity index is 2.03. The average Bonchev–Trinajstić information content (AvgIpc) is 2.63. The van der Waals surface area contributed by atoms with Gasteiger partial charge in [-0.15, -0.1) is 0 Å². The van der Waals surface area contributed by atoms with Crippen molar-refractivity contribution in [2.45, 2.75) is 18.9 Å². The molecule has 0 radical (unpaired) electrons. The van der Waals surface area contributed by atoms with Crippen molar-refractivity contribution in [3.05, 3.63) is 54.2 Å². The molecule has 0 unspecified atom stereocenters. The van der Waals surface area contributed by atoms with Crippen LogP contribution in [-0.2, 0) is 4.79 Å². The SMILES string of the molecule is O=C[C@@H]1C/C=C/CCOc2ccnc(n2)-c2ccccc2C(=O)N1. The van der Waals surface area contributed by atoms with E-state index >= 15 is 0 Å². The second-order valence-corrected chi connectivity index (χ2v) is 5.32. The van der Waals surface area contributed by atoms with Crippen LogP contribution in [0.3, 0.4) is 0 Å². The molecular formula is C18H17N3O3. The van der Waals surface area contributed by atoms with Crippen molar-refractivity contribution in [3.63, 3.8) is 0 Å². The average molecular weight is 323 g/mol. The van der Waals surface area contributed by atoms with Crippen molar-refractivity contribution in [2.75, 3.05) is 6.61 Å². The Morgan fingerprint density at radius 3 is 2.83 bits per heavy atom. The van der Waals surface area contributed by atoms with E-state index < -0.39 is 6.04 Å². The van der Waals surface area contributed by atoms with Gasteiger partial charge in [0.2, 0.25) is 5.88 Å². The lowest BCUT2D eigenvalue weighted by Gasteiger charge is -2.14. The van der Waals surface area contributed by atoms with E-state index in [2.05, 4.69) is 15.3 Å². The third-order valence-electron chi connectivity index (χ3n) is 3.61. The predicted octanol–water partition coefficient (Wildman–Crippen LogP) is 2.17. The van der Waals surface area contributed by atoms with Gasteiger partial charge in [0, 0.05) is 17.8 Å². The first-order chi connectivity index (χ1) is 11.8. The number of benzene rings is 1. The topological polar surface area (TPSA) is 81.2 Å². The molecule has 1 aromatic heterocycles. The second-order valence-electron chi connectivity index (χ2n) is 5.32. The number of aldehydes is 1. The summed E-state index contributed by atoms with van der Waals surface area (Å²) in [6, 6.07) is 8.15. The molecule has 0 saturated heterocycles. The van der Waals surface area contributed by atoms with Crippen molar-refractivity contribution in [2.24, 2.45) is 0 Å². The van der Waals surface area contributed by atoms with E-state index in [1.54, 1.807) is 30.5 Å². The first kappa shape index (κ1) is 15.9.